The molecule has 0 atom stereocenters. The average molecular weight is 450 g/mol. The molecule has 0 fully saturated rings. The second-order valence-electron chi connectivity index (χ2n) is 9.76. The summed E-state index contributed by atoms with van der Waals surface area (Å²) >= 11 is 1.78. The van der Waals surface area contributed by atoms with Gasteiger partial charge in [0.1, 0.15) is 0 Å². The highest BCUT2D eigenvalue weighted by molar-refractivity contribution is 7.99. The van der Waals surface area contributed by atoms with Gasteiger partial charge in [-0.1, -0.05) is 76.7 Å². The van der Waals surface area contributed by atoms with Crippen molar-refractivity contribution in [3.05, 3.63) is 77.9 Å². The maximum absolute atomic E-state index is 6.31. The van der Waals surface area contributed by atoms with Crippen molar-refractivity contribution in [2.75, 3.05) is 19.5 Å². The van der Waals surface area contributed by atoms with E-state index in [2.05, 4.69) is 83.1 Å². The molecule has 0 radical (unpaired) electrons. The van der Waals surface area contributed by atoms with Gasteiger partial charge in [-0.15, -0.1) is 0 Å². The summed E-state index contributed by atoms with van der Waals surface area (Å²) in [4.78, 5) is 2.49. The molecular weight excluding hydrogens is 414 g/mol. The maximum Gasteiger partial charge on any atom is 0.163 e. The van der Waals surface area contributed by atoms with E-state index in [1.54, 1.807) is 18.9 Å². The maximum atomic E-state index is 6.31. The molecule has 4 heteroatoms. The highest BCUT2D eigenvalue weighted by atomic mass is 32.2. The Bertz CT molecular complexity index is 1020. The van der Waals surface area contributed by atoms with Gasteiger partial charge in [0.15, 0.2) is 11.5 Å². The molecule has 0 saturated carbocycles. The van der Waals surface area contributed by atoms with Gasteiger partial charge in [0, 0.05) is 21.5 Å². The smallest absolute Gasteiger partial charge is 0.163 e. The molecule has 170 valence electrons. The largest absolute Gasteiger partial charge is 0.493 e. The number of anilines is 1. The molecule has 3 aromatic rings. The Kier molecular flexibility index (Phi) is 7.45. The van der Waals surface area contributed by atoms with Crippen molar-refractivity contribution in [2.45, 2.75) is 61.7 Å². The van der Waals surface area contributed by atoms with E-state index in [1.165, 1.54) is 15.4 Å². The van der Waals surface area contributed by atoms with Crippen LogP contribution in [0.3, 0.4) is 0 Å². The quantitative estimate of drug-likeness (QED) is 0.362. The standard InChI is InChI=1S/C28H35NO2S/c1-27(2,3)23-18-25(30-6)26(19-24(23)29)31-17-16-28(4,5)20-12-14-22(15-13-20)32-21-10-8-7-9-11-21/h7-15,18-19H,16-17,29H2,1-6H3. The zero-order chi connectivity index (χ0) is 23.4. The monoisotopic (exact) mass is 449 g/mol. The Morgan fingerprint density at radius 3 is 2.03 bits per heavy atom. The summed E-state index contributed by atoms with van der Waals surface area (Å²) in [6.45, 7) is 11.5. The van der Waals surface area contributed by atoms with Crippen LogP contribution in [0.1, 0.15) is 52.2 Å². The second kappa shape index (κ2) is 9.91. The van der Waals surface area contributed by atoms with Gasteiger partial charge in [0.2, 0.25) is 0 Å². The fourth-order valence-electron chi connectivity index (χ4n) is 3.66. The van der Waals surface area contributed by atoms with Crippen LogP contribution < -0.4 is 15.2 Å². The van der Waals surface area contributed by atoms with Crippen molar-refractivity contribution in [2.24, 2.45) is 0 Å². The molecule has 0 amide bonds. The Hall–Kier alpha value is -2.59. The van der Waals surface area contributed by atoms with Gasteiger partial charge in [-0.25, -0.2) is 0 Å². The topological polar surface area (TPSA) is 44.5 Å². The van der Waals surface area contributed by atoms with Crippen molar-refractivity contribution in [1.29, 1.82) is 0 Å². The molecule has 2 N–H and O–H groups in total. The lowest BCUT2D eigenvalue weighted by atomic mass is 9.82. The molecule has 0 aliphatic rings. The fourth-order valence-corrected chi connectivity index (χ4v) is 4.49. The number of hydrogen-bond acceptors (Lipinski definition) is 4. The third-order valence-electron chi connectivity index (χ3n) is 5.74. The molecule has 0 aliphatic heterocycles. The van der Waals surface area contributed by atoms with E-state index in [-0.39, 0.29) is 10.8 Å². The number of hydrogen-bond donors (Lipinski definition) is 1. The van der Waals surface area contributed by atoms with Crippen molar-refractivity contribution in [3.8, 4) is 11.5 Å². The molecule has 32 heavy (non-hydrogen) atoms. The summed E-state index contributed by atoms with van der Waals surface area (Å²) in [7, 11) is 1.67. The van der Waals surface area contributed by atoms with Crippen LogP contribution in [0, 0.1) is 0 Å². The van der Waals surface area contributed by atoms with Crippen LogP contribution in [0.2, 0.25) is 0 Å². The number of methoxy groups -OCH3 is 1. The second-order valence-corrected chi connectivity index (χ2v) is 10.9. The van der Waals surface area contributed by atoms with E-state index in [1.807, 2.05) is 18.2 Å². The van der Waals surface area contributed by atoms with Gasteiger partial charge in [-0.2, -0.15) is 0 Å². The first-order valence-corrected chi connectivity index (χ1v) is 11.9. The van der Waals surface area contributed by atoms with Crippen molar-refractivity contribution in [3.63, 3.8) is 0 Å². The SMILES string of the molecule is COc1cc(C(C)(C)C)c(N)cc1OCCC(C)(C)c1ccc(Sc2ccccc2)cc1. The molecule has 0 heterocycles. The molecule has 0 saturated heterocycles. The predicted molar refractivity (Wildman–Crippen MR) is 136 cm³/mol. The first-order chi connectivity index (χ1) is 15.1. The molecule has 3 nitrogen and oxygen atoms in total. The van der Waals surface area contributed by atoms with Gasteiger partial charge < -0.3 is 15.2 Å². The Morgan fingerprint density at radius 1 is 0.812 bits per heavy atom. The number of nitrogen functional groups attached to an aromatic ring is 1. The van der Waals surface area contributed by atoms with Crippen LogP contribution in [-0.2, 0) is 10.8 Å². The van der Waals surface area contributed by atoms with Crippen molar-refractivity contribution in [1.82, 2.24) is 0 Å². The van der Waals surface area contributed by atoms with Gasteiger partial charge in [0.25, 0.3) is 0 Å². The molecule has 0 bridgehead atoms. The van der Waals surface area contributed by atoms with Crippen LogP contribution >= 0.6 is 11.8 Å². The Morgan fingerprint density at radius 2 is 1.44 bits per heavy atom. The summed E-state index contributed by atoms with van der Waals surface area (Å²) < 4.78 is 11.7. The lowest BCUT2D eigenvalue weighted by Gasteiger charge is -2.26. The zero-order valence-electron chi connectivity index (χ0n) is 20.1. The van der Waals surface area contributed by atoms with Crippen LogP contribution in [0.15, 0.2) is 76.5 Å². The van der Waals surface area contributed by atoms with Gasteiger partial charge >= 0.3 is 0 Å². The van der Waals surface area contributed by atoms with E-state index in [0.717, 1.165) is 23.4 Å². The summed E-state index contributed by atoms with van der Waals surface area (Å²) in [5.41, 5.74) is 9.34. The van der Waals surface area contributed by atoms with Crippen LogP contribution in [0.25, 0.3) is 0 Å². The Balaban J connectivity index is 1.64. The van der Waals surface area contributed by atoms with Crippen LogP contribution in [0.4, 0.5) is 5.69 Å². The average Bonchev–Trinajstić information content (AvgIpc) is 2.74. The molecule has 3 aromatic carbocycles. The molecule has 0 aliphatic carbocycles. The highest BCUT2D eigenvalue weighted by Crippen LogP contribution is 2.38. The number of nitrogens with two attached hydrogens (primary N) is 1. The van der Waals surface area contributed by atoms with Gasteiger partial charge in [0.05, 0.1) is 13.7 Å². The van der Waals surface area contributed by atoms with E-state index < -0.39 is 0 Å². The van der Waals surface area contributed by atoms with Gasteiger partial charge in [-0.3, -0.25) is 0 Å². The van der Waals surface area contributed by atoms with E-state index >= 15 is 0 Å². The lowest BCUT2D eigenvalue weighted by Crippen LogP contribution is -2.21. The summed E-state index contributed by atoms with van der Waals surface area (Å²) in [6, 6.07) is 23.2. The lowest BCUT2D eigenvalue weighted by molar-refractivity contribution is 0.259. The first-order valence-electron chi connectivity index (χ1n) is 11.0. The summed E-state index contributed by atoms with van der Waals surface area (Å²) in [5.74, 6) is 1.42. The van der Waals surface area contributed by atoms with E-state index in [9.17, 15) is 0 Å². The van der Waals surface area contributed by atoms with E-state index in [4.69, 9.17) is 15.2 Å². The first kappa shape index (κ1) is 24.1. The number of ether oxygens (including phenoxy) is 2. The molecule has 0 unspecified atom stereocenters. The van der Waals surface area contributed by atoms with Crippen LogP contribution in [0.5, 0.6) is 11.5 Å². The van der Waals surface area contributed by atoms with E-state index in [0.29, 0.717) is 12.4 Å². The molecule has 0 spiro atoms. The Labute approximate surface area is 197 Å². The van der Waals surface area contributed by atoms with Crippen molar-refractivity contribution >= 4 is 17.4 Å². The zero-order valence-corrected chi connectivity index (χ0v) is 20.9. The number of benzene rings is 3. The number of rotatable bonds is 8. The normalized spacial score (nSPS) is 11.9. The van der Waals surface area contributed by atoms with Crippen LogP contribution in [-0.4, -0.2) is 13.7 Å². The van der Waals surface area contributed by atoms with Gasteiger partial charge in [-0.05, 0) is 58.7 Å². The molecule has 0 aromatic heterocycles. The summed E-state index contributed by atoms with van der Waals surface area (Å²) in [5, 5.41) is 0. The predicted octanol–water partition coefficient (Wildman–Crippen LogP) is 7.47. The fraction of sp³-hybridized carbons (Fsp3) is 0.357. The third kappa shape index (κ3) is 6.01. The summed E-state index contributed by atoms with van der Waals surface area (Å²) in [6.07, 6.45) is 0.877. The molecule has 3 rings (SSSR count). The highest BCUT2D eigenvalue weighted by Gasteiger charge is 2.23. The molecular formula is C28H35NO2S. The minimum Gasteiger partial charge on any atom is -0.493 e. The van der Waals surface area contributed by atoms with Crippen molar-refractivity contribution < 1.29 is 9.47 Å². The third-order valence-corrected chi connectivity index (χ3v) is 6.76. The minimum absolute atomic E-state index is 0.0138. The minimum atomic E-state index is -0.0527.